The van der Waals surface area contributed by atoms with Gasteiger partial charge in [-0.1, -0.05) is 6.07 Å². The Morgan fingerprint density at radius 3 is 2.77 bits per heavy atom. The fraction of sp³-hybridized carbons (Fsp3) is 0.333. The highest BCUT2D eigenvalue weighted by molar-refractivity contribution is 9.10. The van der Waals surface area contributed by atoms with Crippen molar-refractivity contribution in [2.75, 3.05) is 13.9 Å². The van der Waals surface area contributed by atoms with Crippen molar-refractivity contribution in [1.29, 1.82) is 0 Å². The Morgan fingerprint density at radius 1 is 1.46 bits per heavy atom. The fourth-order valence-corrected chi connectivity index (χ4v) is 1.45. The molecule has 0 radical (unpaired) electrons. The molecule has 0 spiro atoms. The molecule has 1 aromatic rings. The average Bonchev–Trinajstić information content (AvgIpc) is 2.16. The van der Waals surface area contributed by atoms with Crippen molar-refractivity contribution >= 4 is 15.9 Å². The summed E-state index contributed by atoms with van der Waals surface area (Å²) >= 11 is 3.38. The number of hydrogen-bond donors (Lipinski definition) is 1. The summed E-state index contributed by atoms with van der Waals surface area (Å²) in [6, 6.07) is 5.73. The van der Waals surface area contributed by atoms with Crippen molar-refractivity contribution < 1.29 is 9.47 Å². The second-order valence-electron chi connectivity index (χ2n) is 2.52. The number of nitrogens with two attached hydrogens (primary N) is 1. The summed E-state index contributed by atoms with van der Waals surface area (Å²) in [7, 11) is 1.59. The minimum absolute atomic E-state index is 0.251. The molecule has 0 aliphatic carbocycles. The lowest BCUT2D eigenvalue weighted by Crippen LogP contribution is -2.01. The first kappa shape index (κ1) is 10.5. The average molecular weight is 246 g/mol. The van der Waals surface area contributed by atoms with E-state index in [1.165, 1.54) is 0 Å². The van der Waals surface area contributed by atoms with E-state index in [0.717, 1.165) is 15.8 Å². The zero-order valence-electron chi connectivity index (χ0n) is 7.42. The van der Waals surface area contributed by atoms with Gasteiger partial charge in [-0.05, 0) is 33.6 Å². The third kappa shape index (κ3) is 2.99. The van der Waals surface area contributed by atoms with Crippen LogP contribution in [0, 0.1) is 0 Å². The van der Waals surface area contributed by atoms with Crippen molar-refractivity contribution in [2.24, 2.45) is 5.73 Å². The Morgan fingerprint density at radius 2 is 2.23 bits per heavy atom. The first-order valence-corrected chi connectivity index (χ1v) is 4.67. The molecular weight excluding hydrogens is 234 g/mol. The van der Waals surface area contributed by atoms with E-state index in [1.54, 1.807) is 7.11 Å². The van der Waals surface area contributed by atoms with Crippen molar-refractivity contribution in [2.45, 2.75) is 6.54 Å². The van der Waals surface area contributed by atoms with Crippen LogP contribution in [-0.2, 0) is 11.3 Å². The van der Waals surface area contributed by atoms with Gasteiger partial charge in [0.2, 0.25) is 0 Å². The van der Waals surface area contributed by atoms with Crippen LogP contribution < -0.4 is 10.5 Å². The third-order valence-electron chi connectivity index (χ3n) is 1.56. The Hall–Kier alpha value is -0.580. The maximum Gasteiger partial charge on any atom is 0.188 e. The van der Waals surface area contributed by atoms with Crippen LogP contribution in [0.4, 0.5) is 0 Å². The van der Waals surface area contributed by atoms with Gasteiger partial charge in [-0.15, -0.1) is 0 Å². The highest BCUT2D eigenvalue weighted by atomic mass is 79.9. The number of ether oxygens (including phenoxy) is 2. The normalized spacial score (nSPS) is 10.1. The first-order chi connectivity index (χ1) is 6.27. The molecule has 72 valence electrons. The summed E-state index contributed by atoms with van der Waals surface area (Å²) in [6.07, 6.45) is 0. The molecule has 0 atom stereocenters. The predicted octanol–water partition coefficient (Wildman–Crippen LogP) is 1.89. The molecule has 13 heavy (non-hydrogen) atoms. The number of methoxy groups -OCH3 is 1. The third-order valence-corrected chi connectivity index (χ3v) is 2.18. The van der Waals surface area contributed by atoms with Crippen LogP contribution >= 0.6 is 15.9 Å². The van der Waals surface area contributed by atoms with Gasteiger partial charge in [0.05, 0.1) is 4.47 Å². The van der Waals surface area contributed by atoms with E-state index in [4.69, 9.17) is 15.2 Å². The highest BCUT2D eigenvalue weighted by Crippen LogP contribution is 2.25. The van der Waals surface area contributed by atoms with E-state index in [1.807, 2.05) is 18.2 Å². The fourth-order valence-electron chi connectivity index (χ4n) is 0.911. The van der Waals surface area contributed by atoms with Gasteiger partial charge in [0.1, 0.15) is 5.75 Å². The van der Waals surface area contributed by atoms with Crippen LogP contribution in [0.1, 0.15) is 5.56 Å². The van der Waals surface area contributed by atoms with Gasteiger partial charge >= 0.3 is 0 Å². The van der Waals surface area contributed by atoms with Crippen LogP contribution in [0.5, 0.6) is 5.75 Å². The van der Waals surface area contributed by atoms with Gasteiger partial charge < -0.3 is 15.2 Å². The molecule has 4 heteroatoms. The smallest absolute Gasteiger partial charge is 0.188 e. The summed E-state index contributed by atoms with van der Waals surface area (Å²) < 4.78 is 11.0. The van der Waals surface area contributed by atoms with E-state index in [2.05, 4.69) is 15.9 Å². The second-order valence-corrected chi connectivity index (χ2v) is 3.37. The quantitative estimate of drug-likeness (QED) is 0.825. The van der Waals surface area contributed by atoms with Crippen LogP contribution in [0.2, 0.25) is 0 Å². The van der Waals surface area contributed by atoms with Crippen molar-refractivity contribution in [3.05, 3.63) is 28.2 Å². The number of benzene rings is 1. The lowest BCUT2D eigenvalue weighted by molar-refractivity contribution is 0.0506. The Balaban J connectivity index is 2.73. The molecule has 1 rings (SSSR count). The largest absolute Gasteiger partial charge is 0.466 e. The molecule has 0 bridgehead atoms. The molecule has 0 aliphatic heterocycles. The Labute approximate surface area is 86.0 Å². The molecular formula is C9H12BrNO2. The molecule has 0 aromatic heterocycles. The SMILES string of the molecule is COCOc1ccc(CN)cc1Br. The van der Waals surface area contributed by atoms with E-state index in [-0.39, 0.29) is 6.79 Å². The zero-order valence-corrected chi connectivity index (χ0v) is 9.00. The van der Waals surface area contributed by atoms with Crippen LogP contribution in [0.15, 0.2) is 22.7 Å². The summed E-state index contributed by atoms with van der Waals surface area (Å²) in [6.45, 7) is 0.781. The standard InChI is InChI=1S/C9H12BrNO2/c1-12-6-13-9-3-2-7(5-11)4-8(9)10/h2-4H,5-6,11H2,1H3. The van der Waals surface area contributed by atoms with Crippen LogP contribution in [0.25, 0.3) is 0 Å². The monoisotopic (exact) mass is 245 g/mol. The molecule has 0 aliphatic rings. The van der Waals surface area contributed by atoms with Gasteiger partial charge in [0.25, 0.3) is 0 Å². The summed E-state index contributed by atoms with van der Waals surface area (Å²) in [4.78, 5) is 0. The summed E-state index contributed by atoms with van der Waals surface area (Å²) in [5, 5.41) is 0. The lowest BCUT2D eigenvalue weighted by atomic mass is 10.2. The molecule has 0 amide bonds. The van der Waals surface area contributed by atoms with Gasteiger partial charge in [-0.2, -0.15) is 0 Å². The van der Waals surface area contributed by atoms with Gasteiger partial charge in [-0.25, -0.2) is 0 Å². The predicted molar refractivity (Wildman–Crippen MR) is 54.5 cm³/mol. The van der Waals surface area contributed by atoms with Gasteiger partial charge in [0.15, 0.2) is 6.79 Å². The van der Waals surface area contributed by atoms with Gasteiger partial charge in [0, 0.05) is 13.7 Å². The van der Waals surface area contributed by atoms with Gasteiger partial charge in [-0.3, -0.25) is 0 Å². The number of halogens is 1. The van der Waals surface area contributed by atoms with Crippen molar-refractivity contribution in [3.8, 4) is 5.75 Å². The van der Waals surface area contributed by atoms with Crippen LogP contribution in [0.3, 0.4) is 0 Å². The minimum atomic E-state index is 0.251. The van der Waals surface area contributed by atoms with E-state index >= 15 is 0 Å². The molecule has 0 fully saturated rings. The first-order valence-electron chi connectivity index (χ1n) is 3.88. The Kier molecular flexibility index (Phi) is 4.21. The maximum absolute atomic E-state index is 5.48. The lowest BCUT2D eigenvalue weighted by Gasteiger charge is -2.07. The zero-order chi connectivity index (χ0) is 9.68. The highest BCUT2D eigenvalue weighted by Gasteiger charge is 2.00. The topological polar surface area (TPSA) is 44.5 Å². The molecule has 3 nitrogen and oxygen atoms in total. The summed E-state index contributed by atoms with van der Waals surface area (Å²) in [5.41, 5.74) is 6.55. The molecule has 0 saturated heterocycles. The van der Waals surface area contributed by atoms with Crippen LogP contribution in [-0.4, -0.2) is 13.9 Å². The van der Waals surface area contributed by atoms with E-state index < -0.39 is 0 Å². The summed E-state index contributed by atoms with van der Waals surface area (Å²) in [5.74, 6) is 0.763. The molecule has 0 unspecified atom stereocenters. The molecule has 2 N–H and O–H groups in total. The van der Waals surface area contributed by atoms with E-state index in [0.29, 0.717) is 6.54 Å². The number of hydrogen-bond acceptors (Lipinski definition) is 3. The van der Waals surface area contributed by atoms with Crippen molar-refractivity contribution in [1.82, 2.24) is 0 Å². The molecule has 1 aromatic carbocycles. The number of rotatable bonds is 4. The molecule has 0 heterocycles. The minimum Gasteiger partial charge on any atom is -0.466 e. The molecule has 0 saturated carbocycles. The van der Waals surface area contributed by atoms with E-state index in [9.17, 15) is 0 Å². The maximum atomic E-state index is 5.48. The van der Waals surface area contributed by atoms with Crippen molar-refractivity contribution in [3.63, 3.8) is 0 Å². The Bertz CT molecular complexity index is 278. The second kappa shape index (κ2) is 5.21.